The highest BCUT2D eigenvalue weighted by molar-refractivity contribution is 5.69. The molecule has 0 aliphatic heterocycles. The van der Waals surface area contributed by atoms with Crippen molar-refractivity contribution in [1.82, 2.24) is 0 Å². The van der Waals surface area contributed by atoms with Crippen LogP contribution in [0, 0.1) is 0 Å². The van der Waals surface area contributed by atoms with Crippen molar-refractivity contribution in [1.29, 1.82) is 0 Å². The van der Waals surface area contributed by atoms with Crippen molar-refractivity contribution in [3.63, 3.8) is 0 Å². The average molecular weight is 627 g/mol. The lowest BCUT2D eigenvalue weighted by Gasteiger charge is -2.00. The molecule has 0 unspecified atom stereocenters. The Kier molecular flexibility index (Phi) is 48.6. The summed E-state index contributed by atoms with van der Waals surface area (Å²) in [6.45, 7) is 5.32. The number of esters is 2. The van der Waals surface area contributed by atoms with Crippen molar-refractivity contribution in [3.8, 4) is 0 Å². The van der Waals surface area contributed by atoms with Gasteiger partial charge in [0.05, 0.1) is 14.2 Å². The van der Waals surface area contributed by atoms with Crippen molar-refractivity contribution in [3.05, 3.63) is 12.2 Å². The molecule has 0 rings (SSSR count). The standard InChI is InChI=1S/C19H36O2.C10H20O3.C9H18O/c1-3-4-5-6-7-8-9-10-11-12-13-14-15-16-17-18-19(20)21-2;1-12-9-7-5-3-4-6-8-10(11)13-2;1-2-3-4-5-6-7-8-9-10/h10-11H,3-9,12-18H2,1-2H3;3-9H2,1-2H3;9H,2-8H2,1H3/b11-10-;;. The molecule has 0 atom stereocenters. The average Bonchev–Trinajstić information content (AvgIpc) is 3.04. The number of unbranched alkanes of at least 4 members (excludes halogenated alkanes) is 21. The molecule has 0 aliphatic rings. The van der Waals surface area contributed by atoms with Gasteiger partial charge in [-0.3, -0.25) is 9.59 Å². The van der Waals surface area contributed by atoms with E-state index in [-0.39, 0.29) is 11.9 Å². The number of methoxy groups -OCH3 is 3. The zero-order chi connectivity index (χ0) is 33.2. The summed E-state index contributed by atoms with van der Waals surface area (Å²) >= 11 is 0. The Balaban J connectivity index is -0.000000624. The van der Waals surface area contributed by atoms with Gasteiger partial charge in [0.2, 0.25) is 0 Å². The highest BCUT2D eigenvalue weighted by Crippen LogP contribution is 2.10. The third kappa shape index (κ3) is 50.0. The van der Waals surface area contributed by atoms with Crippen LogP contribution in [-0.4, -0.2) is 46.2 Å². The van der Waals surface area contributed by atoms with Crippen LogP contribution in [0.25, 0.3) is 0 Å². The second-order valence-corrected chi connectivity index (χ2v) is 11.7. The van der Waals surface area contributed by atoms with Crippen LogP contribution in [0.3, 0.4) is 0 Å². The largest absolute Gasteiger partial charge is 0.469 e. The molecule has 262 valence electrons. The summed E-state index contributed by atoms with van der Waals surface area (Å²) in [6.07, 6.45) is 37.5. The fourth-order valence-corrected chi connectivity index (χ4v) is 4.60. The molecule has 0 aromatic rings. The summed E-state index contributed by atoms with van der Waals surface area (Å²) in [5.41, 5.74) is 0. The highest BCUT2D eigenvalue weighted by Gasteiger charge is 1.99. The van der Waals surface area contributed by atoms with Gasteiger partial charge >= 0.3 is 11.9 Å². The van der Waals surface area contributed by atoms with E-state index in [0.29, 0.717) is 12.8 Å². The number of allylic oxidation sites excluding steroid dienone is 2. The minimum Gasteiger partial charge on any atom is -0.469 e. The van der Waals surface area contributed by atoms with Crippen LogP contribution in [0.4, 0.5) is 0 Å². The monoisotopic (exact) mass is 627 g/mol. The number of hydrogen-bond acceptors (Lipinski definition) is 6. The predicted octanol–water partition coefficient (Wildman–Crippen LogP) is 11.3. The van der Waals surface area contributed by atoms with Crippen molar-refractivity contribution < 1.29 is 28.6 Å². The summed E-state index contributed by atoms with van der Waals surface area (Å²) in [5.74, 6) is -0.176. The molecule has 0 saturated heterocycles. The summed E-state index contributed by atoms with van der Waals surface area (Å²) in [4.78, 5) is 31.5. The molecule has 6 heteroatoms. The molecule has 0 bridgehead atoms. The molecule has 0 aromatic carbocycles. The molecular formula is C38H74O6. The fraction of sp³-hybridized carbons (Fsp3) is 0.868. The topological polar surface area (TPSA) is 78.9 Å². The van der Waals surface area contributed by atoms with Crippen molar-refractivity contribution >= 4 is 18.2 Å². The lowest BCUT2D eigenvalue weighted by atomic mass is 10.1. The van der Waals surface area contributed by atoms with E-state index in [4.69, 9.17) is 4.74 Å². The van der Waals surface area contributed by atoms with Gasteiger partial charge in [0.15, 0.2) is 0 Å². The number of carbonyl (C=O) groups is 3. The number of carbonyl (C=O) groups excluding carboxylic acids is 3. The Labute approximate surface area is 273 Å². The van der Waals surface area contributed by atoms with Crippen molar-refractivity contribution in [2.45, 2.75) is 187 Å². The van der Waals surface area contributed by atoms with Crippen LogP contribution < -0.4 is 0 Å². The zero-order valence-corrected chi connectivity index (χ0v) is 30.0. The molecule has 0 fully saturated rings. The Morgan fingerprint density at radius 2 is 0.795 bits per heavy atom. The molecular weight excluding hydrogens is 552 g/mol. The minimum absolute atomic E-state index is 0.0763. The van der Waals surface area contributed by atoms with Crippen LogP contribution in [0.1, 0.15) is 187 Å². The van der Waals surface area contributed by atoms with Gasteiger partial charge in [-0.15, -0.1) is 0 Å². The van der Waals surface area contributed by atoms with E-state index in [1.807, 2.05) is 0 Å². The van der Waals surface area contributed by atoms with Gasteiger partial charge in [-0.05, 0) is 51.4 Å². The van der Waals surface area contributed by atoms with Gasteiger partial charge in [-0.1, -0.05) is 129 Å². The maximum Gasteiger partial charge on any atom is 0.305 e. The first-order chi connectivity index (χ1) is 21.5. The minimum atomic E-state index is -0.100. The highest BCUT2D eigenvalue weighted by atomic mass is 16.5. The smallest absolute Gasteiger partial charge is 0.305 e. The quantitative estimate of drug-likeness (QED) is 0.0341. The third-order valence-electron chi connectivity index (χ3n) is 7.50. The Morgan fingerprint density at radius 3 is 1.16 bits per heavy atom. The molecule has 0 radical (unpaired) electrons. The molecule has 6 nitrogen and oxygen atoms in total. The summed E-state index contributed by atoms with van der Waals surface area (Å²) in [6, 6.07) is 0. The number of rotatable bonds is 30. The lowest BCUT2D eigenvalue weighted by Crippen LogP contribution is -1.99. The van der Waals surface area contributed by atoms with Gasteiger partial charge in [-0.25, -0.2) is 0 Å². The fourth-order valence-electron chi connectivity index (χ4n) is 4.60. The van der Waals surface area contributed by atoms with Gasteiger partial charge in [0, 0.05) is 33.0 Å². The maximum atomic E-state index is 10.9. The number of ether oxygens (including phenoxy) is 3. The van der Waals surface area contributed by atoms with E-state index in [0.717, 1.165) is 57.8 Å². The summed E-state index contributed by atoms with van der Waals surface area (Å²) < 4.78 is 14.1. The van der Waals surface area contributed by atoms with E-state index in [1.54, 1.807) is 7.11 Å². The number of aldehydes is 1. The molecule has 0 spiro atoms. The Hall–Kier alpha value is -1.69. The predicted molar refractivity (Wildman–Crippen MR) is 187 cm³/mol. The second kappa shape index (κ2) is 45.7. The van der Waals surface area contributed by atoms with Gasteiger partial charge in [0.25, 0.3) is 0 Å². The van der Waals surface area contributed by atoms with Crippen molar-refractivity contribution in [2.24, 2.45) is 0 Å². The molecule has 0 heterocycles. The normalized spacial score (nSPS) is 10.5. The molecule has 0 aromatic heterocycles. The first-order valence-electron chi connectivity index (χ1n) is 18.2. The molecule has 0 aliphatic carbocycles. The van der Waals surface area contributed by atoms with Crippen LogP contribution in [0.15, 0.2) is 12.2 Å². The third-order valence-corrected chi connectivity index (χ3v) is 7.50. The molecule has 0 saturated carbocycles. The second-order valence-electron chi connectivity index (χ2n) is 11.7. The van der Waals surface area contributed by atoms with E-state index >= 15 is 0 Å². The van der Waals surface area contributed by atoms with Gasteiger partial charge < -0.3 is 19.0 Å². The lowest BCUT2D eigenvalue weighted by molar-refractivity contribution is -0.141. The Bertz CT molecular complexity index is 590. The van der Waals surface area contributed by atoms with E-state index < -0.39 is 0 Å². The van der Waals surface area contributed by atoms with Gasteiger partial charge in [0.1, 0.15) is 6.29 Å². The SMILES string of the molecule is CCCCCCCC/C=C\CCCCCCCC(=O)OC.CCCCCCCCC=O.COCCCCCCCC(=O)OC. The van der Waals surface area contributed by atoms with Crippen LogP contribution in [0.5, 0.6) is 0 Å². The number of hydrogen-bond donors (Lipinski definition) is 0. The molecule has 44 heavy (non-hydrogen) atoms. The van der Waals surface area contributed by atoms with Crippen LogP contribution in [0.2, 0.25) is 0 Å². The first kappa shape index (κ1) is 46.7. The van der Waals surface area contributed by atoms with Crippen LogP contribution >= 0.6 is 0 Å². The Morgan fingerprint density at radius 1 is 0.455 bits per heavy atom. The van der Waals surface area contributed by atoms with Gasteiger partial charge in [-0.2, -0.15) is 0 Å². The zero-order valence-electron chi connectivity index (χ0n) is 30.0. The van der Waals surface area contributed by atoms with E-state index in [2.05, 4.69) is 35.5 Å². The van der Waals surface area contributed by atoms with Crippen LogP contribution in [-0.2, 0) is 28.6 Å². The van der Waals surface area contributed by atoms with E-state index in [9.17, 15) is 14.4 Å². The first-order valence-corrected chi connectivity index (χ1v) is 18.2. The van der Waals surface area contributed by atoms with Crippen molar-refractivity contribution in [2.75, 3.05) is 27.9 Å². The summed E-state index contributed by atoms with van der Waals surface area (Å²) in [5, 5.41) is 0. The molecule has 0 N–H and O–H groups in total. The molecule has 0 amide bonds. The van der Waals surface area contributed by atoms with E-state index in [1.165, 1.54) is 130 Å². The summed E-state index contributed by atoms with van der Waals surface area (Å²) in [7, 11) is 4.61. The maximum absolute atomic E-state index is 10.9.